The van der Waals surface area contributed by atoms with Gasteiger partial charge >= 0.3 is 0 Å². The molecule has 1 aromatic rings. The number of piperazine rings is 1. The van der Waals surface area contributed by atoms with Gasteiger partial charge in [-0.25, -0.2) is 0 Å². The van der Waals surface area contributed by atoms with E-state index in [4.69, 9.17) is 5.73 Å². The molecule has 1 unspecified atom stereocenters. The zero-order valence-electron chi connectivity index (χ0n) is 13.0. The summed E-state index contributed by atoms with van der Waals surface area (Å²) in [6, 6.07) is 3.72. The Bertz CT molecular complexity index is 443. The Balaban J connectivity index is 1.81. The van der Waals surface area contributed by atoms with E-state index in [0.29, 0.717) is 0 Å². The number of pyridine rings is 1. The average Bonchev–Trinajstić information content (AvgIpc) is 2.54. The van der Waals surface area contributed by atoms with Crippen LogP contribution in [0.25, 0.3) is 0 Å². The van der Waals surface area contributed by atoms with Crippen molar-refractivity contribution < 1.29 is 4.79 Å². The highest BCUT2D eigenvalue weighted by atomic mass is 16.2. The van der Waals surface area contributed by atoms with Gasteiger partial charge in [-0.2, -0.15) is 0 Å². The van der Waals surface area contributed by atoms with Crippen LogP contribution in [0.5, 0.6) is 0 Å². The van der Waals surface area contributed by atoms with Crippen molar-refractivity contribution in [3.05, 3.63) is 30.1 Å². The molecule has 1 aromatic heterocycles. The predicted molar refractivity (Wildman–Crippen MR) is 83.5 cm³/mol. The van der Waals surface area contributed by atoms with Gasteiger partial charge in [-0.15, -0.1) is 0 Å². The van der Waals surface area contributed by atoms with Crippen LogP contribution < -0.4 is 5.73 Å². The maximum Gasteiger partial charge on any atom is 0.239 e. The number of amides is 1. The molecule has 1 saturated heterocycles. The van der Waals surface area contributed by atoms with Crippen LogP contribution in [0.15, 0.2) is 24.5 Å². The maximum atomic E-state index is 12.3. The van der Waals surface area contributed by atoms with Crippen LogP contribution in [0.1, 0.15) is 25.8 Å². The first kappa shape index (κ1) is 15.9. The molecule has 1 aliphatic rings. The summed E-state index contributed by atoms with van der Waals surface area (Å²) >= 11 is 0. The second-order valence-electron chi connectivity index (χ2n) is 5.87. The van der Waals surface area contributed by atoms with Crippen molar-refractivity contribution in [2.75, 3.05) is 26.2 Å². The third-order valence-electron chi connectivity index (χ3n) is 4.38. The molecule has 1 aliphatic heterocycles. The van der Waals surface area contributed by atoms with Crippen LogP contribution in [0.2, 0.25) is 0 Å². The van der Waals surface area contributed by atoms with E-state index in [9.17, 15) is 4.79 Å². The fourth-order valence-electron chi connectivity index (χ4n) is 2.58. The highest BCUT2D eigenvalue weighted by Gasteiger charge is 2.27. The van der Waals surface area contributed by atoms with Gasteiger partial charge in [-0.3, -0.25) is 14.7 Å². The minimum Gasteiger partial charge on any atom is -0.339 e. The minimum absolute atomic E-state index is 0.105. The lowest BCUT2D eigenvalue weighted by molar-refractivity contribution is -0.135. The van der Waals surface area contributed by atoms with Crippen molar-refractivity contribution in [1.82, 2.24) is 14.8 Å². The number of nitrogens with zero attached hydrogens (tertiary/aromatic N) is 3. The Labute approximate surface area is 127 Å². The van der Waals surface area contributed by atoms with E-state index in [0.717, 1.165) is 39.1 Å². The molecule has 5 nitrogen and oxygen atoms in total. The van der Waals surface area contributed by atoms with Crippen LogP contribution in [0, 0.1) is 5.92 Å². The van der Waals surface area contributed by atoms with Gasteiger partial charge in [0.05, 0.1) is 6.04 Å². The molecule has 21 heavy (non-hydrogen) atoms. The molecular formula is C16H26N4O. The molecule has 116 valence electrons. The number of hydrogen-bond donors (Lipinski definition) is 1. The van der Waals surface area contributed by atoms with Gasteiger partial charge < -0.3 is 10.6 Å². The van der Waals surface area contributed by atoms with Crippen LogP contribution in [-0.2, 0) is 11.3 Å². The SMILES string of the molecule is CCC(C)[C@H](N)C(=O)N1CCN(Cc2ccncc2)CC1. The van der Waals surface area contributed by atoms with E-state index in [1.807, 2.05) is 36.4 Å². The number of rotatable bonds is 5. The van der Waals surface area contributed by atoms with Gasteiger partial charge in [-0.05, 0) is 23.6 Å². The highest BCUT2D eigenvalue weighted by molar-refractivity contribution is 5.82. The van der Waals surface area contributed by atoms with Crippen LogP contribution in [0.3, 0.4) is 0 Å². The molecule has 0 bridgehead atoms. The molecule has 2 atom stereocenters. The summed E-state index contributed by atoms with van der Waals surface area (Å²) in [5.41, 5.74) is 7.31. The first-order chi connectivity index (χ1) is 10.1. The summed E-state index contributed by atoms with van der Waals surface area (Å²) < 4.78 is 0. The fourth-order valence-corrected chi connectivity index (χ4v) is 2.58. The largest absolute Gasteiger partial charge is 0.339 e. The number of hydrogen-bond acceptors (Lipinski definition) is 4. The molecule has 2 N–H and O–H groups in total. The Morgan fingerprint density at radius 2 is 1.90 bits per heavy atom. The second-order valence-corrected chi connectivity index (χ2v) is 5.87. The van der Waals surface area contributed by atoms with Gasteiger partial charge in [-0.1, -0.05) is 20.3 Å². The summed E-state index contributed by atoms with van der Waals surface area (Å²) in [4.78, 5) is 20.7. The Kier molecular flexibility index (Phi) is 5.70. The zero-order valence-corrected chi connectivity index (χ0v) is 13.0. The minimum atomic E-state index is -0.359. The fraction of sp³-hybridized carbons (Fsp3) is 0.625. The van der Waals surface area contributed by atoms with Gasteiger partial charge in [0.1, 0.15) is 0 Å². The Morgan fingerprint density at radius 3 is 2.48 bits per heavy atom. The first-order valence-electron chi connectivity index (χ1n) is 7.77. The molecule has 0 aliphatic carbocycles. The van der Waals surface area contributed by atoms with Gasteiger partial charge in [0.25, 0.3) is 0 Å². The van der Waals surface area contributed by atoms with Crippen LogP contribution >= 0.6 is 0 Å². The average molecular weight is 290 g/mol. The van der Waals surface area contributed by atoms with E-state index in [1.165, 1.54) is 5.56 Å². The summed E-state index contributed by atoms with van der Waals surface area (Å²) in [6.07, 6.45) is 4.58. The van der Waals surface area contributed by atoms with E-state index < -0.39 is 0 Å². The zero-order chi connectivity index (χ0) is 15.2. The molecule has 1 amide bonds. The van der Waals surface area contributed by atoms with Gasteiger partial charge in [0.2, 0.25) is 5.91 Å². The van der Waals surface area contributed by atoms with E-state index >= 15 is 0 Å². The Hall–Kier alpha value is -1.46. The third-order valence-corrected chi connectivity index (χ3v) is 4.38. The van der Waals surface area contributed by atoms with E-state index in [-0.39, 0.29) is 17.9 Å². The lowest BCUT2D eigenvalue weighted by Gasteiger charge is -2.36. The monoisotopic (exact) mass is 290 g/mol. The first-order valence-corrected chi connectivity index (χ1v) is 7.77. The standard InChI is InChI=1S/C16H26N4O/c1-3-13(2)15(17)16(21)20-10-8-19(9-11-20)12-14-4-6-18-7-5-14/h4-7,13,15H,3,8-12,17H2,1-2H3/t13?,15-/m0/s1. The Morgan fingerprint density at radius 1 is 1.29 bits per heavy atom. The molecular weight excluding hydrogens is 264 g/mol. The predicted octanol–water partition coefficient (Wildman–Crippen LogP) is 1.10. The van der Waals surface area contributed by atoms with Crippen molar-refractivity contribution in [3.8, 4) is 0 Å². The molecule has 2 heterocycles. The molecule has 0 radical (unpaired) electrons. The number of carbonyl (C=O) groups excluding carboxylic acids is 1. The van der Waals surface area contributed by atoms with Crippen molar-refractivity contribution in [2.24, 2.45) is 11.7 Å². The van der Waals surface area contributed by atoms with Crippen LogP contribution in [0.4, 0.5) is 0 Å². The summed E-state index contributed by atoms with van der Waals surface area (Å²) in [7, 11) is 0. The van der Waals surface area contributed by atoms with E-state index in [1.54, 1.807) is 0 Å². The molecule has 1 fully saturated rings. The quantitative estimate of drug-likeness (QED) is 0.882. The molecule has 0 spiro atoms. The molecule has 5 heteroatoms. The molecule has 0 saturated carbocycles. The van der Waals surface area contributed by atoms with Crippen molar-refractivity contribution in [2.45, 2.75) is 32.9 Å². The van der Waals surface area contributed by atoms with Crippen LogP contribution in [-0.4, -0.2) is 52.9 Å². The van der Waals surface area contributed by atoms with E-state index in [2.05, 4.69) is 16.8 Å². The molecule has 0 aromatic carbocycles. The number of carbonyl (C=O) groups is 1. The lowest BCUT2D eigenvalue weighted by Crippen LogP contribution is -2.54. The summed E-state index contributed by atoms with van der Waals surface area (Å²) in [5, 5.41) is 0. The van der Waals surface area contributed by atoms with Crippen molar-refractivity contribution >= 4 is 5.91 Å². The topological polar surface area (TPSA) is 62.5 Å². The summed E-state index contributed by atoms with van der Waals surface area (Å²) in [6.45, 7) is 8.39. The van der Waals surface area contributed by atoms with Crippen molar-refractivity contribution in [3.63, 3.8) is 0 Å². The van der Waals surface area contributed by atoms with Gasteiger partial charge in [0, 0.05) is 45.1 Å². The van der Waals surface area contributed by atoms with Crippen molar-refractivity contribution in [1.29, 1.82) is 0 Å². The number of aromatic nitrogens is 1. The molecule has 2 rings (SSSR count). The third kappa shape index (κ3) is 4.25. The lowest BCUT2D eigenvalue weighted by atomic mass is 9.98. The smallest absolute Gasteiger partial charge is 0.239 e. The highest BCUT2D eigenvalue weighted by Crippen LogP contribution is 2.12. The normalized spacial score (nSPS) is 19.3. The second kappa shape index (κ2) is 7.52. The van der Waals surface area contributed by atoms with Gasteiger partial charge in [0.15, 0.2) is 0 Å². The number of nitrogens with two attached hydrogens (primary N) is 1. The summed E-state index contributed by atoms with van der Waals surface area (Å²) in [5.74, 6) is 0.347. The maximum absolute atomic E-state index is 12.3.